The van der Waals surface area contributed by atoms with Crippen molar-refractivity contribution < 1.29 is 4.74 Å². The minimum Gasteiger partial charge on any atom is -0.379 e. The fourth-order valence-corrected chi connectivity index (χ4v) is 3.84. The third kappa shape index (κ3) is 2.72. The Labute approximate surface area is 111 Å². The maximum Gasteiger partial charge on any atom is 0.0594 e. The van der Waals surface area contributed by atoms with Crippen LogP contribution in [0.5, 0.6) is 0 Å². The number of nitrogens with zero attached hydrogens (tertiary/aromatic N) is 2. The molecule has 2 heterocycles. The van der Waals surface area contributed by atoms with E-state index in [1.165, 1.54) is 26.2 Å². The molecule has 0 radical (unpaired) electrons. The van der Waals surface area contributed by atoms with E-state index in [0.717, 1.165) is 44.1 Å². The summed E-state index contributed by atoms with van der Waals surface area (Å²) in [5, 5.41) is 3.48. The predicted octanol–water partition coefficient (Wildman–Crippen LogP) is 0.104. The van der Waals surface area contributed by atoms with Crippen LogP contribution in [0.25, 0.3) is 0 Å². The predicted molar refractivity (Wildman–Crippen MR) is 72.7 cm³/mol. The van der Waals surface area contributed by atoms with Gasteiger partial charge in [-0.3, -0.25) is 4.90 Å². The van der Waals surface area contributed by atoms with Gasteiger partial charge >= 0.3 is 0 Å². The first-order chi connectivity index (χ1) is 8.75. The van der Waals surface area contributed by atoms with E-state index in [9.17, 15) is 0 Å². The van der Waals surface area contributed by atoms with Crippen molar-refractivity contribution in [1.82, 2.24) is 15.1 Å². The molecule has 0 aromatic rings. The van der Waals surface area contributed by atoms with Gasteiger partial charge in [-0.15, -0.1) is 0 Å². The molecular formula is C14H27N3O. The molecule has 0 bridgehead atoms. The highest BCUT2D eigenvalue weighted by molar-refractivity contribution is 5.04. The zero-order chi connectivity index (χ0) is 12.5. The Morgan fingerprint density at radius 2 is 1.94 bits per heavy atom. The molecule has 3 rings (SSSR count). The Morgan fingerprint density at radius 3 is 2.61 bits per heavy atom. The number of nitrogens with one attached hydrogen (secondary N) is 1. The summed E-state index contributed by atoms with van der Waals surface area (Å²) in [6, 6.07) is 0.663. The molecule has 18 heavy (non-hydrogen) atoms. The topological polar surface area (TPSA) is 27.7 Å². The van der Waals surface area contributed by atoms with E-state index >= 15 is 0 Å². The SMILES string of the molecule is CC(CN(C)CC1[C@H]2CNC[C@@H]12)N1CCOCC1. The molecular weight excluding hydrogens is 226 g/mol. The number of hydrogen-bond acceptors (Lipinski definition) is 4. The van der Waals surface area contributed by atoms with Crippen molar-refractivity contribution in [2.75, 3.05) is 59.5 Å². The zero-order valence-corrected chi connectivity index (χ0v) is 11.8. The largest absolute Gasteiger partial charge is 0.379 e. The Kier molecular flexibility index (Phi) is 3.89. The molecule has 104 valence electrons. The van der Waals surface area contributed by atoms with Crippen LogP contribution in [0.15, 0.2) is 0 Å². The first kappa shape index (κ1) is 12.9. The first-order valence-electron chi connectivity index (χ1n) is 7.47. The van der Waals surface area contributed by atoms with E-state index in [4.69, 9.17) is 4.74 Å². The molecule has 0 amide bonds. The fraction of sp³-hybridized carbons (Fsp3) is 1.00. The Bertz CT molecular complexity index is 270. The number of morpholine rings is 1. The molecule has 4 heteroatoms. The molecule has 1 N–H and O–H groups in total. The van der Waals surface area contributed by atoms with E-state index in [1.807, 2.05) is 0 Å². The maximum atomic E-state index is 5.42. The Morgan fingerprint density at radius 1 is 1.28 bits per heavy atom. The quantitative estimate of drug-likeness (QED) is 0.752. The smallest absolute Gasteiger partial charge is 0.0594 e. The Balaban J connectivity index is 1.39. The third-order valence-electron chi connectivity index (χ3n) is 5.04. The summed E-state index contributed by atoms with van der Waals surface area (Å²) < 4.78 is 5.42. The highest BCUT2D eigenvalue weighted by Gasteiger charge is 2.52. The van der Waals surface area contributed by atoms with Crippen LogP contribution in [0.2, 0.25) is 0 Å². The molecule has 0 aromatic carbocycles. The Hall–Kier alpha value is -0.160. The van der Waals surface area contributed by atoms with Crippen LogP contribution in [0, 0.1) is 17.8 Å². The number of likely N-dealkylation sites (N-methyl/N-ethyl adjacent to an activating group) is 1. The van der Waals surface area contributed by atoms with Gasteiger partial charge in [-0.2, -0.15) is 0 Å². The van der Waals surface area contributed by atoms with E-state index in [2.05, 4.69) is 29.1 Å². The average Bonchev–Trinajstić information content (AvgIpc) is 2.83. The van der Waals surface area contributed by atoms with Crippen molar-refractivity contribution in [3.8, 4) is 0 Å². The van der Waals surface area contributed by atoms with Crippen LogP contribution < -0.4 is 5.32 Å². The summed E-state index contributed by atoms with van der Waals surface area (Å²) in [4.78, 5) is 5.11. The van der Waals surface area contributed by atoms with Gasteiger partial charge in [-0.25, -0.2) is 0 Å². The molecule has 0 spiro atoms. The average molecular weight is 253 g/mol. The molecule has 0 aromatic heterocycles. The van der Waals surface area contributed by atoms with Gasteiger partial charge in [-0.1, -0.05) is 0 Å². The van der Waals surface area contributed by atoms with Gasteiger partial charge in [0.15, 0.2) is 0 Å². The lowest BCUT2D eigenvalue weighted by Gasteiger charge is -2.34. The second kappa shape index (κ2) is 5.45. The van der Waals surface area contributed by atoms with Gasteiger partial charge in [-0.05, 0) is 44.8 Å². The summed E-state index contributed by atoms with van der Waals surface area (Å²) in [7, 11) is 2.29. The fourth-order valence-electron chi connectivity index (χ4n) is 3.84. The monoisotopic (exact) mass is 253 g/mol. The van der Waals surface area contributed by atoms with Crippen molar-refractivity contribution in [2.24, 2.45) is 17.8 Å². The van der Waals surface area contributed by atoms with E-state index in [0.29, 0.717) is 6.04 Å². The second-order valence-electron chi connectivity index (χ2n) is 6.37. The second-order valence-corrected chi connectivity index (χ2v) is 6.37. The molecule has 3 aliphatic rings. The van der Waals surface area contributed by atoms with Gasteiger partial charge in [0.25, 0.3) is 0 Å². The molecule has 2 unspecified atom stereocenters. The minimum atomic E-state index is 0.663. The van der Waals surface area contributed by atoms with Crippen LogP contribution in [-0.4, -0.2) is 75.4 Å². The molecule has 4 nitrogen and oxygen atoms in total. The molecule has 2 aliphatic heterocycles. The van der Waals surface area contributed by atoms with Crippen LogP contribution in [0.1, 0.15) is 6.92 Å². The van der Waals surface area contributed by atoms with Crippen LogP contribution in [0.3, 0.4) is 0 Å². The van der Waals surface area contributed by atoms with E-state index < -0.39 is 0 Å². The third-order valence-corrected chi connectivity index (χ3v) is 5.04. The standard InChI is InChI=1S/C14H27N3O/c1-11(17-3-5-18-6-4-17)9-16(2)10-14-12-7-15-8-13(12)14/h11-15H,3-10H2,1-2H3/t11?,12-,13+,14?. The van der Waals surface area contributed by atoms with Crippen molar-refractivity contribution in [3.05, 3.63) is 0 Å². The molecule has 2 saturated heterocycles. The molecule has 1 aliphatic carbocycles. The van der Waals surface area contributed by atoms with Crippen molar-refractivity contribution in [1.29, 1.82) is 0 Å². The number of rotatable bonds is 5. The minimum absolute atomic E-state index is 0.663. The number of ether oxygens (including phenoxy) is 1. The summed E-state index contributed by atoms with van der Waals surface area (Å²) in [5.41, 5.74) is 0. The summed E-state index contributed by atoms with van der Waals surface area (Å²) in [6.07, 6.45) is 0. The summed E-state index contributed by atoms with van der Waals surface area (Å²) in [6.45, 7) is 11.4. The van der Waals surface area contributed by atoms with Crippen molar-refractivity contribution in [2.45, 2.75) is 13.0 Å². The molecule has 3 fully saturated rings. The zero-order valence-electron chi connectivity index (χ0n) is 11.8. The first-order valence-corrected chi connectivity index (χ1v) is 7.47. The maximum absolute atomic E-state index is 5.42. The number of hydrogen-bond donors (Lipinski definition) is 1. The van der Waals surface area contributed by atoms with Crippen molar-refractivity contribution >= 4 is 0 Å². The van der Waals surface area contributed by atoms with E-state index in [1.54, 1.807) is 0 Å². The summed E-state index contributed by atoms with van der Waals surface area (Å²) >= 11 is 0. The van der Waals surface area contributed by atoms with Crippen LogP contribution >= 0.6 is 0 Å². The van der Waals surface area contributed by atoms with Crippen LogP contribution in [0.4, 0.5) is 0 Å². The molecule has 4 atom stereocenters. The number of fused-ring (bicyclic) bond motifs is 1. The van der Waals surface area contributed by atoms with Crippen molar-refractivity contribution in [3.63, 3.8) is 0 Å². The lowest BCUT2D eigenvalue weighted by atomic mass is 10.2. The lowest BCUT2D eigenvalue weighted by molar-refractivity contribution is 0.0137. The van der Waals surface area contributed by atoms with Gasteiger partial charge in [0.2, 0.25) is 0 Å². The molecule has 1 saturated carbocycles. The number of piperidine rings is 1. The summed E-state index contributed by atoms with van der Waals surface area (Å²) in [5.74, 6) is 2.96. The highest BCUT2D eigenvalue weighted by atomic mass is 16.5. The van der Waals surface area contributed by atoms with E-state index in [-0.39, 0.29) is 0 Å². The van der Waals surface area contributed by atoms with Gasteiger partial charge < -0.3 is 15.0 Å². The van der Waals surface area contributed by atoms with Gasteiger partial charge in [0.1, 0.15) is 0 Å². The normalized spacial score (nSPS) is 37.8. The van der Waals surface area contributed by atoms with Gasteiger partial charge in [0, 0.05) is 32.2 Å². The van der Waals surface area contributed by atoms with Crippen LogP contribution in [-0.2, 0) is 4.74 Å². The highest BCUT2D eigenvalue weighted by Crippen LogP contribution is 2.48. The lowest BCUT2D eigenvalue weighted by Crippen LogP contribution is -2.47. The van der Waals surface area contributed by atoms with Gasteiger partial charge in [0.05, 0.1) is 13.2 Å².